The highest BCUT2D eigenvalue weighted by molar-refractivity contribution is 5.81. The zero-order chi connectivity index (χ0) is 15.8. The van der Waals surface area contributed by atoms with E-state index in [2.05, 4.69) is 10.6 Å². The fourth-order valence-electron chi connectivity index (χ4n) is 3.60. The molecule has 2 N–H and O–H groups in total. The average molecular weight is 310 g/mol. The Balaban J connectivity index is 1.67. The van der Waals surface area contributed by atoms with Gasteiger partial charge in [0.15, 0.2) is 0 Å². The first-order chi connectivity index (χ1) is 10.7. The second-order valence-electron chi connectivity index (χ2n) is 6.68. The molecular formula is C17H30N2O3. The van der Waals surface area contributed by atoms with Crippen LogP contribution in [-0.2, 0) is 14.3 Å². The maximum absolute atomic E-state index is 12.3. The lowest BCUT2D eigenvalue weighted by Gasteiger charge is -2.29. The molecule has 2 aliphatic rings. The van der Waals surface area contributed by atoms with E-state index in [4.69, 9.17) is 4.74 Å². The Kier molecular flexibility index (Phi) is 7.16. The van der Waals surface area contributed by atoms with E-state index >= 15 is 0 Å². The maximum Gasteiger partial charge on any atom is 0.223 e. The summed E-state index contributed by atoms with van der Waals surface area (Å²) < 4.78 is 4.93. The van der Waals surface area contributed by atoms with Gasteiger partial charge in [-0.3, -0.25) is 9.59 Å². The molecule has 0 aliphatic heterocycles. The van der Waals surface area contributed by atoms with Crippen LogP contribution in [0.25, 0.3) is 0 Å². The monoisotopic (exact) mass is 310 g/mol. The summed E-state index contributed by atoms with van der Waals surface area (Å²) in [5.41, 5.74) is 0. The molecule has 0 saturated heterocycles. The number of carbonyl (C=O) groups excluding carboxylic acids is 2. The second-order valence-corrected chi connectivity index (χ2v) is 6.68. The summed E-state index contributed by atoms with van der Waals surface area (Å²) in [7, 11) is 1.63. The predicted molar refractivity (Wildman–Crippen MR) is 85.3 cm³/mol. The lowest BCUT2D eigenvalue weighted by molar-refractivity contribution is -0.131. The normalized spacial score (nSPS) is 26.4. The molecule has 0 aromatic rings. The van der Waals surface area contributed by atoms with Crippen LogP contribution in [0.5, 0.6) is 0 Å². The van der Waals surface area contributed by atoms with Crippen LogP contribution >= 0.6 is 0 Å². The van der Waals surface area contributed by atoms with Gasteiger partial charge in [0.1, 0.15) is 0 Å². The third-order valence-corrected chi connectivity index (χ3v) is 5.03. The summed E-state index contributed by atoms with van der Waals surface area (Å²) in [6, 6.07) is 0.385. The summed E-state index contributed by atoms with van der Waals surface area (Å²) in [5, 5.41) is 6.12. The minimum absolute atomic E-state index is 0.0654. The molecule has 0 aromatic heterocycles. The fraction of sp³-hybridized carbons (Fsp3) is 0.882. The van der Waals surface area contributed by atoms with E-state index in [1.54, 1.807) is 7.11 Å². The van der Waals surface area contributed by atoms with Crippen molar-refractivity contribution in [2.75, 3.05) is 20.3 Å². The van der Waals surface area contributed by atoms with Gasteiger partial charge < -0.3 is 15.4 Å². The molecule has 0 unspecified atom stereocenters. The highest BCUT2D eigenvalue weighted by Crippen LogP contribution is 2.29. The van der Waals surface area contributed by atoms with Gasteiger partial charge in [0.05, 0.1) is 6.61 Å². The number of carbonyl (C=O) groups is 2. The first-order valence-corrected chi connectivity index (χ1v) is 8.77. The van der Waals surface area contributed by atoms with Gasteiger partial charge in [-0.25, -0.2) is 0 Å². The molecule has 2 saturated carbocycles. The Morgan fingerprint density at radius 3 is 2.09 bits per heavy atom. The van der Waals surface area contributed by atoms with Gasteiger partial charge >= 0.3 is 0 Å². The number of ether oxygens (including phenoxy) is 1. The number of amides is 2. The maximum atomic E-state index is 12.3. The molecule has 2 fully saturated rings. The van der Waals surface area contributed by atoms with Crippen LogP contribution in [0, 0.1) is 11.8 Å². The number of methoxy groups -OCH3 is 1. The fourth-order valence-corrected chi connectivity index (χ4v) is 3.60. The van der Waals surface area contributed by atoms with Crippen LogP contribution < -0.4 is 10.6 Å². The zero-order valence-electron chi connectivity index (χ0n) is 13.7. The Morgan fingerprint density at radius 1 is 0.909 bits per heavy atom. The number of rotatable bonds is 6. The summed E-state index contributed by atoms with van der Waals surface area (Å²) in [6.07, 6.45) is 9.34. The van der Waals surface area contributed by atoms with Crippen molar-refractivity contribution in [2.45, 2.75) is 63.8 Å². The van der Waals surface area contributed by atoms with Crippen molar-refractivity contribution in [3.8, 4) is 0 Å². The molecule has 0 aromatic carbocycles. The van der Waals surface area contributed by atoms with Crippen molar-refractivity contribution in [3.63, 3.8) is 0 Å². The molecule has 0 heterocycles. The van der Waals surface area contributed by atoms with Crippen LogP contribution in [0.4, 0.5) is 0 Å². The van der Waals surface area contributed by atoms with Crippen molar-refractivity contribution >= 4 is 11.8 Å². The molecular weight excluding hydrogens is 280 g/mol. The lowest BCUT2D eigenvalue weighted by atomic mass is 9.81. The standard InChI is InChI=1S/C17H30N2O3/c1-22-12-11-18-16(20)13-7-9-14(10-8-13)17(21)19-15-5-3-2-4-6-15/h13-15H,2-12H2,1H3,(H,18,20)(H,19,21). The average Bonchev–Trinajstić information content (AvgIpc) is 2.56. The van der Waals surface area contributed by atoms with Crippen molar-refractivity contribution in [1.29, 1.82) is 0 Å². The van der Waals surface area contributed by atoms with Gasteiger partial charge in [-0.2, -0.15) is 0 Å². The number of nitrogens with one attached hydrogen (secondary N) is 2. The van der Waals surface area contributed by atoms with Gasteiger partial charge in [0.2, 0.25) is 11.8 Å². The molecule has 2 rings (SSSR count). The first kappa shape index (κ1) is 17.3. The summed E-state index contributed by atoms with van der Waals surface area (Å²) in [4.78, 5) is 24.3. The third kappa shape index (κ3) is 5.27. The summed E-state index contributed by atoms with van der Waals surface area (Å²) in [5.74, 6) is 0.494. The minimum atomic E-state index is 0.0654. The van der Waals surface area contributed by atoms with Crippen LogP contribution in [0.3, 0.4) is 0 Å². The van der Waals surface area contributed by atoms with E-state index in [1.165, 1.54) is 19.3 Å². The lowest BCUT2D eigenvalue weighted by Crippen LogP contribution is -2.42. The van der Waals surface area contributed by atoms with E-state index in [1.807, 2.05) is 0 Å². The van der Waals surface area contributed by atoms with Gasteiger partial charge in [0, 0.05) is 31.5 Å². The topological polar surface area (TPSA) is 67.4 Å². The Bertz CT molecular complexity index is 359. The van der Waals surface area contributed by atoms with Crippen molar-refractivity contribution < 1.29 is 14.3 Å². The largest absolute Gasteiger partial charge is 0.383 e. The van der Waals surface area contributed by atoms with Gasteiger partial charge in [-0.15, -0.1) is 0 Å². The quantitative estimate of drug-likeness (QED) is 0.737. The minimum Gasteiger partial charge on any atom is -0.383 e. The van der Waals surface area contributed by atoms with Crippen LogP contribution in [0.1, 0.15) is 57.8 Å². The van der Waals surface area contributed by atoms with E-state index < -0.39 is 0 Å². The van der Waals surface area contributed by atoms with Crippen molar-refractivity contribution in [1.82, 2.24) is 10.6 Å². The summed E-state index contributed by atoms with van der Waals surface area (Å²) >= 11 is 0. The molecule has 2 aliphatic carbocycles. The molecule has 126 valence electrons. The molecule has 2 amide bonds. The van der Waals surface area contributed by atoms with Crippen LogP contribution in [-0.4, -0.2) is 38.1 Å². The van der Waals surface area contributed by atoms with Crippen molar-refractivity contribution in [2.24, 2.45) is 11.8 Å². The van der Waals surface area contributed by atoms with E-state index in [-0.39, 0.29) is 23.7 Å². The van der Waals surface area contributed by atoms with Crippen LogP contribution in [0.15, 0.2) is 0 Å². The SMILES string of the molecule is COCCNC(=O)C1CCC(C(=O)NC2CCCCC2)CC1. The van der Waals surface area contributed by atoms with Crippen LogP contribution in [0.2, 0.25) is 0 Å². The predicted octanol–water partition coefficient (Wildman–Crippen LogP) is 2.00. The molecule has 5 nitrogen and oxygen atoms in total. The highest BCUT2D eigenvalue weighted by atomic mass is 16.5. The van der Waals surface area contributed by atoms with E-state index in [0.717, 1.165) is 38.5 Å². The smallest absolute Gasteiger partial charge is 0.223 e. The van der Waals surface area contributed by atoms with E-state index in [9.17, 15) is 9.59 Å². The Labute approximate surface area is 133 Å². The highest BCUT2D eigenvalue weighted by Gasteiger charge is 2.30. The first-order valence-electron chi connectivity index (χ1n) is 8.77. The molecule has 5 heteroatoms. The molecule has 0 radical (unpaired) electrons. The number of hydrogen-bond donors (Lipinski definition) is 2. The molecule has 0 spiro atoms. The Morgan fingerprint density at radius 2 is 1.50 bits per heavy atom. The third-order valence-electron chi connectivity index (χ3n) is 5.03. The Hall–Kier alpha value is -1.10. The van der Waals surface area contributed by atoms with Gasteiger partial charge in [-0.05, 0) is 38.5 Å². The van der Waals surface area contributed by atoms with Gasteiger partial charge in [-0.1, -0.05) is 19.3 Å². The zero-order valence-corrected chi connectivity index (χ0v) is 13.7. The summed E-state index contributed by atoms with van der Waals surface area (Å²) in [6.45, 7) is 1.11. The van der Waals surface area contributed by atoms with Gasteiger partial charge in [0.25, 0.3) is 0 Å². The molecule has 0 atom stereocenters. The molecule has 22 heavy (non-hydrogen) atoms. The van der Waals surface area contributed by atoms with Crippen molar-refractivity contribution in [3.05, 3.63) is 0 Å². The number of hydrogen-bond acceptors (Lipinski definition) is 3. The molecule has 0 bridgehead atoms. The second kappa shape index (κ2) is 9.13. The van der Waals surface area contributed by atoms with E-state index in [0.29, 0.717) is 19.2 Å².